The number of hydrogen-bond acceptors (Lipinski definition) is 3. The van der Waals surface area contributed by atoms with Crippen molar-refractivity contribution in [1.29, 1.82) is 0 Å². The smallest absolute Gasteiger partial charge is 0.129 e. The van der Waals surface area contributed by atoms with E-state index in [2.05, 4.69) is 35.9 Å². The molecule has 1 aliphatic rings. The molecule has 1 atom stereocenters. The van der Waals surface area contributed by atoms with Crippen molar-refractivity contribution in [2.75, 3.05) is 18.9 Å². The van der Waals surface area contributed by atoms with Crippen LogP contribution in [0.25, 0.3) is 0 Å². The van der Waals surface area contributed by atoms with Crippen LogP contribution in [0.3, 0.4) is 0 Å². The zero-order valence-electron chi connectivity index (χ0n) is 15.2. The molecule has 3 heteroatoms. The maximum atomic E-state index is 4.77. The van der Waals surface area contributed by atoms with Gasteiger partial charge >= 0.3 is 0 Å². The van der Waals surface area contributed by atoms with Gasteiger partial charge in [0.15, 0.2) is 0 Å². The van der Waals surface area contributed by atoms with Gasteiger partial charge in [0.05, 0.1) is 0 Å². The Hall–Kier alpha value is -1.61. The summed E-state index contributed by atoms with van der Waals surface area (Å²) in [4.78, 5) is 4.77. The lowest BCUT2D eigenvalue weighted by Gasteiger charge is -2.17. The number of unbranched alkanes of at least 4 members (excludes halogenated alkanes) is 4. The summed E-state index contributed by atoms with van der Waals surface area (Å²) in [5.41, 5.74) is 3.72. The van der Waals surface area contributed by atoms with Crippen LogP contribution in [0.1, 0.15) is 56.2 Å². The minimum absolute atomic E-state index is 0.384. The molecular formula is C21H33N3. The second-order valence-electron chi connectivity index (χ2n) is 6.77. The number of pyridine rings is 1. The Labute approximate surface area is 147 Å². The third kappa shape index (κ3) is 5.79. The van der Waals surface area contributed by atoms with Gasteiger partial charge in [-0.1, -0.05) is 51.0 Å². The van der Waals surface area contributed by atoms with Gasteiger partial charge in [-0.3, -0.25) is 0 Å². The van der Waals surface area contributed by atoms with E-state index in [1.165, 1.54) is 56.2 Å². The summed E-state index contributed by atoms with van der Waals surface area (Å²) in [6.07, 6.45) is 12.9. The lowest BCUT2D eigenvalue weighted by Crippen LogP contribution is -2.26. The molecule has 0 radical (unpaired) electrons. The third-order valence-corrected chi connectivity index (χ3v) is 4.94. The van der Waals surface area contributed by atoms with Crippen LogP contribution in [-0.4, -0.2) is 24.6 Å². The van der Waals surface area contributed by atoms with E-state index in [9.17, 15) is 0 Å². The molecule has 1 aliphatic heterocycles. The van der Waals surface area contributed by atoms with Crippen LogP contribution in [0.4, 0.5) is 5.82 Å². The van der Waals surface area contributed by atoms with Gasteiger partial charge in [-0.2, -0.15) is 0 Å². The van der Waals surface area contributed by atoms with E-state index in [1.54, 1.807) is 0 Å². The van der Waals surface area contributed by atoms with Crippen molar-refractivity contribution in [3.63, 3.8) is 0 Å². The van der Waals surface area contributed by atoms with Crippen LogP contribution in [0.15, 0.2) is 36.9 Å². The molecule has 0 aliphatic carbocycles. The van der Waals surface area contributed by atoms with Crippen molar-refractivity contribution in [1.82, 2.24) is 10.3 Å². The molecule has 24 heavy (non-hydrogen) atoms. The largest absolute Gasteiger partial charge is 0.370 e. The zero-order chi connectivity index (χ0) is 17.2. The summed E-state index contributed by atoms with van der Waals surface area (Å²) in [5, 5.41) is 6.74. The Morgan fingerprint density at radius 1 is 1.29 bits per heavy atom. The summed E-state index contributed by atoms with van der Waals surface area (Å²) >= 11 is 0. The molecule has 1 aromatic rings. The van der Waals surface area contributed by atoms with Crippen molar-refractivity contribution in [3.05, 3.63) is 48.2 Å². The number of likely N-dealkylation sites (N-methyl/N-ethyl adjacent to an activating group) is 1. The second kappa shape index (κ2) is 10.3. The predicted octanol–water partition coefficient (Wildman–Crippen LogP) is 4.65. The highest BCUT2D eigenvalue weighted by Gasteiger charge is 2.10. The summed E-state index contributed by atoms with van der Waals surface area (Å²) in [6.45, 7) is 8.91. The van der Waals surface area contributed by atoms with Crippen LogP contribution < -0.4 is 10.6 Å². The molecule has 0 fully saturated rings. The van der Waals surface area contributed by atoms with E-state index >= 15 is 0 Å². The molecule has 3 nitrogen and oxygen atoms in total. The van der Waals surface area contributed by atoms with Gasteiger partial charge in [-0.05, 0) is 56.4 Å². The topological polar surface area (TPSA) is 37.0 Å². The number of rotatable bonds is 11. The normalized spacial score (nSPS) is 14.5. The highest BCUT2D eigenvalue weighted by Crippen LogP contribution is 2.20. The minimum Gasteiger partial charge on any atom is -0.370 e. The van der Waals surface area contributed by atoms with Crippen molar-refractivity contribution in [2.45, 2.75) is 63.8 Å². The molecular weight excluding hydrogens is 294 g/mol. The van der Waals surface area contributed by atoms with E-state index in [4.69, 9.17) is 4.98 Å². The van der Waals surface area contributed by atoms with Gasteiger partial charge in [-0.15, -0.1) is 0 Å². The summed E-state index contributed by atoms with van der Waals surface area (Å²) in [7, 11) is 2.00. The number of aryl methyl sites for hydroxylation is 2. The summed E-state index contributed by atoms with van der Waals surface area (Å²) < 4.78 is 0. The van der Waals surface area contributed by atoms with Crippen LogP contribution >= 0.6 is 0 Å². The number of aromatic nitrogens is 1. The Bertz CT molecular complexity index is 536. The molecule has 1 aromatic heterocycles. The monoisotopic (exact) mass is 327 g/mol. The van der Waals surface area contributed by atoms with Crippen LogP contribution in [0.2, 0.25) is 0 Å². The van der Waals surface area contributed by atoms with Gasteiger partial charge in [-0.25, -0.2) is 4.98 Å². The number of anilines is 1. The molecule has 0 spiro atoms. The number of nitrogens with one attached hydrogen (secondary N) is 2. The molecule has 1 unspecified atom stereocenters. The Morgan fingerprint density at radius 2 is 2.08 bits per heavy atom. The van der Waals surface area contributed by atoms with E-state index in [0.717, 1.165) is 30.8 Å². The highest BCUT2D eigenvalue weighted by atomic mass is 15.0. The first-order chi connectivity index (χ1) is 11.7. The van der Waals surface area contributed by atoms with Crippen LogP contribution in [0, 0.1) is 0 Å². The van der Waals surface area contributed by atoms with Crippen molar-refractivity contribution in [2.24, 2.45) is 0 Å². The fourth-order valence-corrected chi connectivity index (χ4v) is 3.35. The lowest BCUT2D eigenvalue weighted by molar-refractivity contribution is 0.529. The maximum absolute atomic E-state index is 4.77. The first kappa shape index (κ1) is 18.7. The molecule has 0 saturated carbocycles. The maximum Gasteiger partial charge on any atom is 0.129 e. The highest BCUT2D eigenvalue weighted by molar-refractivity contribution is 5.46. The number of nitrogens with zero attached hydrogens (tertiary/aromatic N) is 1. The average Bonchev–Trinajstić information content (AvgIpc) is 2.63. The molecule has 132 valence electrons. The minimum atomic E-state index is 0.384. The molecule has 2 N–H and O–H groups in total. The van der Waals surface area contributed by atoms with Crippen molar-refractivity contribution < 1.29 is 0 Å². The Balaban J connectivity index is 1.58. The first-order valence-corrected chi connectivity index (χ1v) is 9.45. The first-order valence-electron chi connectivity index (χ1n) is 9.45. The average molecular weight is 328 g/mol. The van der Waals surface area contributed by atoms with Gasteiger partial charge < -0.3 is 10.6 Å². The lowest BCUT2D eigenvalue weighted by atomic mass is 10.0. The van der Waals surface area contributed by atoms with Gasteiger partial charge in [0.2, 0.25) is 0 Å². The van der Waals surface area contributed by atoms with Crippen molar-refractivity contribution >= 4 is 5.82 Å². The second-order valence-corrected chi connectivity index (χ2v) is 6.77. The van der Waals surface area contributed by atoms with Gasteiger partial charge in [0.1, 0.15) is 5.82 Å². The molecule has 2 rings (SSSR count). The molecule has 2 heterocycles. The van der Waals surface area contributed by atoms with Gasteiger partial charge in [0, 0.05) is 18.3 Å². The summed E-state index contributed by atoms with van der Waals surface area (Å²) in [5.74, 6) is 1.12. The Morgan fingerprint density at radius 3 is 2.88 bits per heavy atom. The predicted molar refractivity (Wildman–Crippen MR) is 105 cm³/mol. The van der Waals surface area contributed by atoms with Crippen LogP contribution in [0.5, 0.6) is 0 Å². The molecule has 0 bridgehead atoms. The van der Waals surface area contributed by atoms with E-state index < -0.39 is 0 Å². The quantitative estimate of drug-likeness (QED) is 0.459. The van der Waals surface area contributed by atoms with E-state index in [-0.39, 0.29) is 0 Å². The summed E-state index contributed by atoms with van der Waals surface area (Å²) in [6, 6.07) is 4.85. The molecule has 0 aromatic carbocycles. The number of hydrogen-bond donors (Lipinski definition) is 2. The fraction of sp³-hybridized carbons (Fsp3) is 0.571. The number of fused-ring (bicyclic) bond motifs is 1. The fourth-order valence-electron chi connectivity index (χ4n) is 3.35. The third-order valence-electron chi connectivity index (χ3n) is 4.94. The Kier molecular flexibility index (Phi) is 8.03. The van der Waals surface area contributed by atoms with E-state index in [1.807, 2.05) is 13.1 Å². The van der Waals surface area contributed by atoms with E-state index in [0.29, 0.717) is 6.04 Å². The standard InChI is InChI=1S/C21H33N3/c1-4-17(2)20(22-3)13-9-7-5-6-8-12-19-15-14-18-11-10-16-23-21(18)24-19/h4,14-15,20,22H,1-2,5-13,16H2,3H3,(H,23,24). The van der Waals surface area contributed by atoms with Crippen LogP contribution in [-0.2, 0) is 12.8 Å². The van der Waals surface area contributed by atoms with Crippen molar-refractivity contribution in [3.8, 4) is 0 Å². The zero-order valence-corrected chi connectivity index (χ0v) is 15.2. The van der Waals surface area contributed by atoms with Gasteiger partial charge in [0.25, 0.3) is 0 Å². The molecule has 0 amide bonds. The SMILES string of the molecule is C=CC(=C)C(CCCCCCCc1ccc2c(n1)NCCC2)NC. The molecule has 0 saturated heterocycles.